The Bertz CT molecular complexity index is 921. The minimum atomic E-state index is -3.79. The summed E-state index contributed by atoms with van der Waals surface area (Å²) in [5, 5.41) is 2.32. The molecule has 2 aliphatic rings. The Hall–Kier alpha value is -1.16. The van der Waals surface area contributed by atoms with E-state index in [0.29, 0.717) is 18.9 Å². The van der Waals surface area contributed by atoms with Crippen molar-refractivity contribution in [1.82, 2.24) is 10.2 Å². The molecule has 1 aromatic rings. The number of ether oxygens (including phenoxy) is 1. The molecule has 1 N–H and O–H groups in total. The molecule has 170 valence electrons. The van der Waals surface area contributed by atoms with Gasteiger partial charge in [0.1, 0.15) is 5.75 Å². The molecular weight excluding hydrogens is 424 g/mol. The van der Waals surface area contributed by atoms with Gasteiger partial charge in [0.15, 0.2) is 19.7 Å². The predicted molar refractivity (Wildman–Crippen MR) is 119 cm³/mol. The third-order valence-electron chi connectivity index (χ3n) is 6.17. The molecule has 0 amide bonds. The quantitative estimate of drug-likeness (QED) is 0.636. The van der Waals surface area contributed by atoms with E-state index < -0.39 is 31.0 Å². The molecule has 0 aromatic heterocycles. The number of piperidine rings is 1. The lowest BCUT2D eigenvalue weighted by Gasteiger charge is -2.42. The van der Waals surface area contributed by atoms with E-state index in [0.717, 1.165) is 25.9 Å². The Morgan fingerprint density at radius 1 is 1.10 bits per heavy atom. The van der Waals surface area contributed by atoms with E-state index >= 15 is 0 Å². The summed E-state index contributed by atoms with van der Waals surface area (Å²) >= 11 is 0. The summed E-state index contributed by atoms with van der Waals surface area (Å²) in [5.74, 6) is 0.0995. The first-order chi connectivity index (χ1) is 14.0. The molecule has 0 saturated carbocycles. The number of nitrogens with zero attached hydrogens (tertiary/aromatic N) is 1. The summed E-state index contributed by atoms with van der Waals surface area (Å²) in [6.07, 6.45) is 3.56. The van der Waals surface area contributed by atoms with Gasteiger partial charge >= 0.3 is 0 Å². The maximum Gasteiger partial charge on any atom is 0.183 e. The van der Waals surface area contributed by atoms with Crippen molar-refractivity contribution in [3.8, 4) is 5.75 Å². The highest BCUT2D eigenvalue weighted by molar-refractivity contribution is 7.96. The fraction of sp³-hybridized carbons (Fsp3) is 0.714. The number of hydrogen-bond donors (Lipinski definition) is 1. The number of benzene rings is 1. The minimum absolute atomic E-state index is 0.134. The lowest BCUT2D eigenvalue weighted by molar-refractivity contribution is 0.0925. The zero-order valence-corrected chi connectivity index (χ0v) is 19.8. The van der Waals surface area contributed by atoms with Crippen molar-refractivity contribution >= 4 is 19.7 Å². The van der Waals surface area contributed by atoms with Crippen LogP contribution in [0.2, 0.25) is 0 Å². The summed E-state index contributed by atoms with van der Waals surface area (Å²) in [4.78, 5) is 2.54. The van der Waals surface area contributed by atoms with Crippen LogP contribution in [0.25, 0.3) is 0 Å². The Morgan fingerprint density at radius 3 is 2.33 bits per heavy atom. The molecule has 2 aliphatic heterocycles. The van der Waals surface area contributed by atoms with Gasteiger partial charge < -0.3 is 10.1 Å². The average molecular weight is 459 g/mol. The van der Waals surface area contributed by atoms with Crippen LogP contribution in [-0.4, -0.2) is 76.3 Å². The van der Waals surface area contributed by atoms with E-state index in [1.165, 1.54) is 18.6 Å². The molecule has 2 fully saturated rings. The molecule has 2 saturated heterocycles. The smallest absolute Gasteiger partial charge is 0.183 e. The monoisotopic (exact) mass is 458 g/mol. The van der Waals surface area contributed by atoms with Gasteiger partial charge in [0.25, 0.3) is 0 Å². The van der Waals surface area contributed by atoms with Crippen LogP contribution in [0.15, 0.2) is 29.2 Å². The molecule has 0 aliphatic carbocycles. The fourth-order valence-corrected chi connectivity index (χ4v) is 9.09. The number of nitrogens with one attached hydrogen (secondary N) is 1. The number of hydrogen-bond acceptors (Lipinski definition) is 7. The van der Waals surface area contributed by atoms with Crippen molar-refractivity contribution < 1.29 is 21.6 Å². The molecule has 7 nitrogen and oxygen atoms in total. The van der Waals surface area contributed by atoms with Crippen LogP contribution < -0.4 is 10.1 Å². The third kappa shape index (κ3) is 5.36. The second kappa shape index (κ2) is 9.14. The second-order valence-electron chi connectivity index (χ2n) is 8.91. The average Bonchev–Trinajstić information content (AvgIpc) is 3.03. The molecule has 0 radical (unpaired) electrons. The van der Waals surface area contributed by atoms with Gasteiger partial charge in [-0.3, -0.25) is 4.90 Å². The van der Waals surface area contributed by atoms with Crippen molar-refractivity contribution in [1.29, 1.82) is 0 Å². The Balaban J connectivity index is 1.76. The lowest BCUT2D eigenvalue weighted by atomic mass is 9.98. The van der Waals surface area contributed by atoms with E-state index in [1.807, 2.05) is 6.92 Å². The minimum Gasteiger partial charge on any atom is -0.494 e. The molecule has 3 rings (SSSR count). The Labute approximate surface area is 181 Å². The third-order valence-corrected chi connectivity index (χ3v) is 10.3. The molecule has 0 unspecified atom stereocenters. The first-order valence-electron chi connectivity index (χ1n) is 10.7. The molecule has 0 spiro atoms. The van der Waals surface area contributed by atoms with Gasteiger partial charge in [0, 0.05) is 18.1 Å². The Kier molecular flexibility index (Phi) is 7.16. The van der Waals surface area contributed by atoms with Crippen molar-refractivity contribution in [2.45, 2.75) is 61.8 Å². The predicted octanol–water partition coefficient (Wildman–Crippen LogP) is 1.88. The second-order valence-corrected chi connectivity index (χ2v) is 13.2. The van der Waals surface area contributed by atoms with Crippen LogP contribution in [-0.2, 0) is 19.7 Å². The van der Waals surface area contributed by atoms with E-state index in [2.05, 4.69) is 24.1 Å². The summed E-state index contributed by atoms with van der Waals surface area (Å²) in [6.45, 7) is 9.19. The molecule has 2 heterocycles. The highest BCUT2D eigenvalue weighted by Gasteiger charge is 2.46. The van der Waals surface area contributed by atoms with Crippen LogP contribution in [0, 0.1) is 0 Å². The molecule has 30 heavy (non-hydrogen) atoms. The van der Waals surface area contributed by atoms with Crippen LogP contribution >= 0.6 is 0 Å². The van der Waals surface area contributed by atoms with Crippen LogP contribution in [0.1, 0.15) is 40.0 Å². The number of likely N-dealkylation sites (tertiary alicyclic amines) is 1. The molecule has 2 atom stereocenters. The standard InChI is InChI=1S/C21H34N2O5S2/c1-4-28-17-8-10-18(11-9-17)30(26,27)20-15-29(24,25)14-19(20)22-16-21(2,3)23-12-6-5-7-13-23/h8-11,19-20,22H,4-7,12-16H2,1-3H3/t19-,20-/m0/s1. The Morgan fingerprint density at radius 2 is 1.73 bits per heavy atom. The van der Waals surface area contributed by atoms with Gasteiger partial charge in [-0.15, -0.1) is 0 Å². The summed E-state index contributed by atoms with van der Waals surface area (Å²) in [7, 11) is -7.22. The maximum absolute atomic E-state index is 13.3. The largest absolute Gasteiger partial charge is 0.494 e. The van der Waals surface area contributed by atoms with Crippen LogP contribution in [0.5, 0.6) is 5.75 Å². The SMILES string of the molecule is CCOc1ccc(S(=O)(=O)[C@H]2CS(=O)(=O)C[C@@H]2NCC(C)(C)N2CCCCC2)cc1. The van der Waals surface area contributed by atoms with E-state index in [-0.39, 0.29) is 21.9 Å². The van der Waals surface area contributed by atoms with Gasteiger partial charge in [-0.25, -0.2) is 16.8 Å². The first-order valence-corrected chi connectivity index (χ1v) is 14.1. The molecule has 9 heteroatoms. The van der Waals surface area contributed by atoms with E-state index in [1.54, 1.807) is 12.1 Å². The van der Waals surface area contributed by atoms with Crippen molar-refractivity contribution in [3.05, 3.63) is 24.3 Å². The zero-order chi connectivity index (χ0) is 22.0. The van der Waals surface area contributed by atoms with E-state index in [4.69, 9.17) is 4.74 Å². The van der Waals surface area contributed by atoms with Crippen LogP contribution in [0.3, 0.4) is 0 Å². The molecular formula is C21H34N2O5S2. The van der Waals surface area contributed by atoms with Crippen molar-refractivity contribution in [2.75, 3.05) is 37.7 Å². The number of rotatable bonds is 8. The van der Waals surface area contributed by atoms with Crippen LogP contribution in [0.4, 0.5) is 0 Å². The number of sulfone groups is 2. The zero-order valence-electron chi connectivity index (χ0n) is 18.1. The topological polar surface area (TPSA) is 92.8 Å². The van der Waals surface area contributed by atoms with Crippen molar-refractivity contribution in [3.63, 3.8) is 0 Å². The van der Waals surface area contributed by atoms with Gasteiger partial charge in [-0.1, -0.05) is 6.42 Å². The van der Waals surface area contributed by atoms with Gasteiger partial charge in [-0.2, -0.15) is 0 Å². The maximum atomic E-state index is 13.3. The van der Waals surface area contributed by atoms with Gasteiger partial charge in [0.05, 0.1) is 28.3 Å². The lowest BCUT2D eigenvalue weighted by Crippen LogP contribution is -2.56. The normalized spacial score (nSPS) is 25.3. The summed E-state index contributed by atoms with van der Waals surface area (Å²) in [5.41, 5.74) is -0.166. The summed E-state index contributed by atoms with van der Waals surface area (Å²) in [6, 6.07) is 5.61. The highest BCUT2D eigenvalue weighted by atomic mass is 32.2. The summed E-state index contributed by atoms with van der Waals surface area (Å²) < 4.78 is 56.6. The van der Waals surface area contributed by atoms with E-state index in [9.17, 15) is 16.8 Å². The molecule has 1 aromatic carbocycles. The fourth-order valence-electron chi connectivity index (χ4n) is 4.37. The van der Waals surface area contributed by atoms with Gasteiger partial charge in [-0.05, 0) is 71.0 Å². The first kappa shape index (κ1) is 23.5. The highest BCUT2D eigenvalue weighted by Crippen LogP contribution is 2.28. The molecule has 0 bridgehead atoms. The van der Waals surface area contributed by atoms with Crippen molar-refractivity contribution in [2.24, 2.45) is 0 Å². The van der Waals surface area contributed by atoms with Gasteiger partial charge in [0.2, 0.25) is 0 Å².